The van der Waals surface area contributed by atoms with E-state index in [-0.39, 0.29) is 5.82 Å². The Labute approximate surface area is 130 Å². The van der Waals surface area contributed by atoms with Crippen LogP contribution in [0.5, 0.6) is 5.75 Å². The van der Waals surface area contributed by atoms with Crippen LogP contribution in [0.2, 0.25) is 0 Å². The first-order valence-electron chi connectivity index (χ1n) is 7.08. The number of aromatic nitrogens is 4. The molecule has 3 rings (SSSR count). The fourth-order valence-electron chi connectivity index (χ4n) is 2.35. The highest BCUT2D eigenvalue weighted by molar-refractivity contribution is 5.85. The van der Waals surface area contributed by atoms with E-state index in [1.165, 1.54) is 10.9 Å². The molecular formula is C15H15F2N5O. The number of fused-ring (bicyclic) bond motifs is 1. The molecule has 0 atom stereocenters. The number of hydrogen-bond acceptors (Lipinski definition) is 5. The molecule has 0 saturated carbocycles. The van der Waals surface area contributed by atoms with E-state index in [1.54, 1.807) is 24.3 Å². The number of alkyl halides is 2. The predicted molar refractivity (Wildman–Crippen MR) is 82.3 cm³/mol. The second kappa shape index (κ2) is 6.15. The van der Waals surface area contributed by atoms with Crippen molar-refractivity contribution in [1.29, 1.82) is 0 Å². The number of hydrogen-bond donors (Lipinski definition) is 1. The van der Waals surface area contributed by atoms with E-state index in [2.05, 4.69) is 15.0 Å². The Hall–Kier alpha value is -2.77. The molecular weight excluding hydrogens is 304 g/mol. The summed E-state index contributed by atoms with van der Waals surface area (Å²) in [4.78, 5) is 12.2. The van der Waals surface area contributed by atoms with E-state index >= 15 is 0 Å². The zero-order valence-corrected chi connectivity index (χ0v) is 12.4. The summed E-state index contributed by atoms with van der Waals surface area (Å²) in [5, 5.41) is 0. The van der Waals surface area contributed by atoms with Gasteiger partial charge in [0.05, 0.1) is 13.2 Å². The molecule has 2 N–H and O–H groups in total. The van der Waals surface area contributed by atoms with Gasteiger partial charge in [-0.25, -0.2) is 23.7 Å². The number of halogens is 2. The third kappa shape index (κ3) is 2.92. The standard InChI is InChI=1S/C15H15F2N5O/c1-2-23-10-5-3-9(4-6-10)14-21-12-13(18)19-8-20-15(12)22(14)7-11(16)17/h3-6,8,11H,2,7H2,1H3,(H2,18,19,20). The van der Waals surface area contributed by atoms with Gasteiger partial charge in [-0.3, -0.25) is 0 Å². The van der Waals surface area contributed by atoms with Crippen molar-refractivity contribution in [3.63, 3.8) is 0 Å². The molecule has 0 bridgehead atoms. The van der Waals surface area contributed by atoms with Crippen molar-refractivity contribution in [3.05, 3.63) is 30.6 Å². The SMILES string of the molecule is CCOc1ccc(-c2nc3c(N)ncnc3n2CC(F)F)cc1. The van der Waals surface area contributed by atoms with Gasteiger partial charge in [0.15, 0.2) is 17.0 Å². The van der Waals surface area contributed by atoms with Gasteiger partial charge in [0.25, 0.3) is 6.43 Å². The molecule has 0 fully saturated rings. The first-order valence-corrected chi connectivity index (χ1v) is 7.08. The number of nitrogens with two attached hydrogens (primary N) is 1. The second-order valence-electron chi connectivity index (χ2n) is 4.83. The molecule has 6 nitrogen and oxygen atoms in total. The third-order valence-electron chi connectivity index (χ3n) is 3.30. The molecule has 2 aromatic heterocycles. The summed E-state index contributed by atoms with van der Waals surface area (Å²) in [6.07, 6.45) is -1.30. The summed E-state index contributed by atoms with van der Waals surface area (Å²) >= 11 is 0. The Morgan fingerprint density at radius 1 is 1.22 bits per heavy atom. The zero-order chi connectivity index (χ0) is 16.4. The molecule has 3 aromatic rings. The largest absolute Gasteiger partial charge is 0.494 e. The van der Waals surface area contributed by atoms with Crippen LogP contribution in [0.15, 0.2) is 30.6 Å². The van der Waals surface area contributed by atoms with Crippen molar-refractivity contribution >= 4 is 17.0 Å². The van der Waals surface area contributed by atoms with Crippen LogP contribution in [-0.2, 0) is 6.54 Å². The van der Waals surface area contributed by atoms with Crippen LogP contribution >= 0.6 is 0 Å². The monoisotopic (exact) mass is 319 g/mol. The van der Waals surface area contributed by atoms with E-state index in [0.29, 0.717) is 34.9 Å². The fourth-order valence-corrected chi connectivity index (χ4v) is 2.35. The average molecular weight is 319 g/mol. The molecule has 0 aliphatic heterocycles. The van der Waals surface area contributed by atoms with Gasteiger partial charge in [0.1, 0.15) is 17.9 Å². The molecule has 2 heterocycles. The zero-order valence-electron chi connectivity index (χ0n) is 12.4. The molecule has 1 aromatic carbocycles. The summed E-state index contributed by atoms with van der Waals surface area (Å²) in [6, 6.07) is 7.05. The van der Waals surface area contributed by atoms with E-state index in [0.717, 1.165) is 0 Å². The lowest BCUT2D eigenvalue weighted by molar-refractivity contribution is 0.128. The highest BCUT2D eigenvalue weighted by Gasteiger charge is 2.18. The summed E-state index contributed by atoms with van der Waals surface area (Å²) in [5.74, 6) is 1.23. The molecule has 8 heteroatoms. The minimum Gasteiger partial charge on any atom is -0.494 e. The van der Waals surface area contributed by atoms with Crippen LogP contribution in [0.1, 0.15) is 6.92 Å². The van der Waals surface area contributed by atoms with E-state index in [4.69, 9.17) is 10.5 Å². The second-order valence-corrected chi connectivity index (χ2v) is 4.83. The van der Waals surface area contributed by atoms with E-state index < -0.39 is 13.0 Å². The normalized spacial score (nSPS) is 11.3. The van der Waals surface area contributed by atoms with E-state index in [9.17, 15) is 8.78 Å². The predicted octanol–water partition coefficient (Wildman–Crippen LogP) is 2.74. The van der Waals surface area contributed by atoms with Crippen molar-refractivity contribution in [1.82, 2.24) is 19.5 Å². The van der Waals surface area contributed by atoms with E-state index in [1.807, 2.05) is 6.92 Å². The van der Waals surface area contributed by atoms with Gasteiger partial charge in [-0.05, 0) is 31.2 Å². The smallest absolute Gasteiger partial charge is 0.256 e. The lowest BCUT2D eigenvalue weighted by Gasteiger charge is -2.09. The highest BCUT2D eigenvalue weighted by Crippen LogP contribution is 2.27. The fraction of sp³-hybridized carbons (Fsp3) is 0.267. The maximum Gasteiger partial charge on any atom is 0.256 e. The number of ether oxygens (including phenoxy) is 1. The molecule has 0 amide bonds. The maximum absolute atomic E-state index is 12.9. The number of imidazole rings is 1. The van der Waals surface area contributed by atoms with Gasteiger partial charge in [-0.1, -0.05) is 0 Å². The molecule has 0 aliphatic rings. The number of anilines is 1. The summed E-state index contributed by atoms with van der Waals surface area (Å²) in [6.45, 7) is 1.92. The lowest BCUT2D eigenvalue weighted by Crippen LogP contribution is -2.09. The van der Waals surface area contributed by atoms with Crippen molar-refractivity contribution in [2.45, 2.75) is 19.9 Å². The van der Waals surface area contributed by atoms with Crippen LogP contribution in [0.3, 0.4) is 0 Å². The Kier molecular flexibility index (Phi) is 4.05. The quantitative estimate of drug-likeness (QED) is 0.782. The molecule has 0 saturated heterocycles. The highest BCUT2D eigenvalue weighted by atomic mass is 19.3. The average Bonchev–Trinajstić information content (AvgIpc) is 2.88. The van der Waals surface area contributed by atoms with Crippen molar-refractivity contribution in [2.75, 3.05) is 12.3 Å². The number of nitrogens with zero attached hydrogens (tertiary/aromatic N) is 4. The summed E-state index contributed by atoms with van der Waals surface area (Å²) in [5.41, 5.74) is 7.06. The van der Waals surface area contributed by atoms with Gasteiger partial charge in [-0.15, -0.1) is 0 Å². The maximum atomic E-state index is 12.9. The lowest BCUT2D eigenvalue weighted by atomic mass is 10.2. The molecule has 120 valence electrons. The summed E-state index contributed by atoms with van der Waals surface area (Å²) in [7, 11) is 0. The van der Waals surface area contributed by atoms with Crippen LogP contribution in [0, 0.1) is 0 Å². The van der Waals surface area contributed by atoms with Crippen LogP contribution in [-0.4, -0.2) is 32.6 Å². The number of benzene rings is 1. The third-order valence-corrected chi connectivity index (χ3v) is 3.30. The van der Waals surface area contributed by atoms with Crippen molar-refractivity contribution in [3.8, 4) is 17.1 Å². The van der Waals surface area contributed by atoms with Crippen molar-refractivity contribution in [2.24, 2.45) is 0 Å². The first-order chi connectivity index (χ1) is 11.1. The van der Waals surface area contributed by atoms with Crippen LogP contribution in [0.25, 0.3) is 22.6 Å². The molecule has 23 heavy (non-hydrogen) atoms. The van der Waals surface area contributed by atoms with Gasteiger partial charge in [0, 0.05) is 5.56 Å². The molecule has 0 unspecified atom stereocenters. The van der Waals surface area contributed by atoms with Crippen LogP contribution < -0.4 is 10.5 Å². The van der Waals surface area contributed by atoms with Gasteiger partial charge in [0.2, 0.25) is 0 Å². The summed E-state index contributed by atoms with van der Waals surface area (Å²) < 4.78 is 32.6. The first kappa shape index (κ1) is 15.1. The number of rotatable bonds is 5. The Balaban J connectivity index is 2.13. The molecule has 0 spiro atoms. The Morgan fingerprint density at radius 3 is 2.61 bits per heavy atom. The van der Waals surface area contributed by atoms with Crippen LogP contribution in [0.4, 0.5) is 14.6 Å². The number of nitrogen functional groups attached to an aromatic ring is 1. The minimum absolute atomic E-state index is 0.162. The molecule has 0 radical (unpaired) electrons. The van der Waals surface area contributed by atoms with Crippen molar-refractivity contribution < 1.29 is 13.5 Å². The van der Waals surface area contributed by atoms with Gasteiger partial charge < -0.3 is 15.0 Å². The topological polar surface area (TPSA) is 78.8 Å². The molecule has 0 aliphatic carbocycles. The van der Waals surface area contributed by atoms with Gasteiger partial charge >= 0.3 is 0 Å². The Morgan fingerprint density at radius 2 is 1.96 bits per heavy atom. The Bertz CT molecular complexity index is 817. The van der Waals surface area contributed by atoms with Gasteiger partial charge in [-0.2, -0.15) is 0 Å². The minimum atomic E-state index is -2.54.